The van der Waals surface area contributed by atoms with Gasteiger partial charge >= 0.3 is 6.09 Å². The van der Waals surface area contributed by atoms with Gasteiger partial charge in [0.2, 0.25) is 5.91 Å². The van der Waals surface area contributed by atoms with Crippen molar-refractivity contribution in [2.45, 2.75) is 64.6 Å². The van der Waals surface area contributed by atoms with E-state index in [1.54, 1.807) is 12.1 Å². The average Bonchev–Trinajstić information content (AvgIpc) is 3.98. The third-order valence-electron chi connectivity index (χ3n) is 9.94. The van der Waals surface area contributed by atoms with Crippen LogP contribution in [0, 0.1) is 11.7 Å². The number of alkyl carbamates (subject to hydrolysis) is 1. The molecule has 0 spiro atoms. The molecular weight excluding hydrogens is 659 g/mol. The zero-order chi connectivity index (χ0) is 35.0. The zero-order valence-corrected chi connectivity index (χ0v) is 29.8. The minimum Gasteiger partial charge on any atom is -0.493 e. The van der Waals surface area contributed by atoms with Crippen LogP contribution in [-0.2, 0) is 22.7 Å². The molecular formula is C39H48ClFN4O5. The van der Waals surface area contributed by atoms with E-state index in [0.29, 0.717) is 68.2 Å². The van der Waals surface area contributed by atoms with Gasteiger partial charge in [-0.2, -0.15) is 0 Å². The molecule has 2 aliphatic heterocycles. The number of carbonyl (C=O) groups excluding carboxylic acids is 2. The number of piperazine rings is 1. The number of amides is 2. The van der Waals surface area contributed by atoms with Crippen molar-refractivity contribution in [1.82, 2.24) is 15.1 Å². The summed E-state index contributed by atoms with van der Waals surface area (Å²) >= 11 is 6.66. The first kappa shape index (κ1) is 35.8. The van der Waals surface area contributed by atoms with Crippen LogP contribution in [0.15, 0.2) is 60.7 Å². The van der Waals surface area contributed by atoms with Crippen LogP contribution in [0.25, 0.3) is 0 Å². The number of benzene rings is 3. The van der Waals surface area contributed by atoms with E-state index in [0.717, 1.165) is 55.8 Å². The predicted octanol–water partition coefficient (Wildman–Crippen LogP) is 7.01. The molecule has 0 aromatic heterocycles. The fraction of sp³-hybridized carbons (Fsp3) is 0.487. The lowest BCUT2D eigenvalue weighted by Gasteiger charge is -2.41. The van der Waals surface area contributed by atoms with Crippen LogP contribution < -0.4 is 19.7 Å². The van der Waals surface area contributed by atoms with E-state index in [1.807, 2.05) is 55.1 Å². The monoisotopic (exact) mass is 706 g/mol. The van der Waals surface area contributed by atoms with Crippen LogP contribution in [-0.4, -0.2) is 80.3 Å². The van der Waals surface area contributed by atoms with Crippen molar-refractivity contribution < 1.29 is 28.2 Å². The molecule has 3 aromatic rings. The number of rotatable bonds is 13. The van der Waals surface area contributed by atoms with Crippen molar-refractivity contribution in [3.05, 3.63) is 88.2 Å². The van der Waals surface area contributed by atoms with Gasteiger partial charge in [0, 0.05) is 57.1 Å². The van der Waals surface area contributed by atoms with E-state index in [9.17, 15) is 14.0 Å². The molecule has 3 aromatic carbocycles. The number of hydrogen-bond acceptors (Lipinski definition) is 7. The summed E-state index contributed by atoms with van der Waals surface area (Å²) in [6, 6.07) is 17.8. The summed E-state index contributed by atoms with van der Waals surface area (Å²) in [7, 11) is 0. The zero-order valence-electron chi connectivity index (χ0n) is 29.0. The predicted molar refractivity (Wildman–Crippen MR) is 193 cm³/mol. The lowest BCUT2D eigenvalue weighted by atomic mass is 9.87. The lowest BCUT2D eigenvalue weighted by Crippen LogP contribution is -2.58. The Hall–Kier alpha value is -4.02. The Bertz CT molecular complexity index is 1610. The van der Waals surface area contributed by atoms with Crippen LogP contribution >= 0.6 is 11.6 Å². The van der Waals surface area contributed by atoms with Gasteiger partial charge in [-0.15, -0.1) is 0 Å². The second-order valence-corrected chi connectivity index (χ2v) is 13.7. The highest BCUT2D eigenvalue weighted by molar-refractivity contribution is 6.32. The van der Waals surface area contributed by atoms with Gasteiger partial charge < -0.3 is 29.3 Å². The van der Waals surface area contributed by atoms with Crippen molar-refractivity contribution in [1.29, 1.82) is 0 Å². The van der Waals surface area contributed by atoms with Crippen molar-refractivity contribution in [2.75, 3.05) is 57.4 Å². The Morgan fingerprint density at radius 2 is 1.58 bits per heavy atom. The van der Waals surface area contributed by atoms with E-state index in [2.05, 4.69) is 21.2 Å². The molecule has 1 N–H and O–H groups in total. The lowest BCUT2D eigenvalue weighted by molar-refractivity contribution is -0.136. The van der Waals surface area contributed by atoms with Crippen molar-refractivity contribution >= 4 is 29.3 Å². The first-order chi connectivity index (χ1) is 24.3. The molecule has 9 nitrogen and oxygen atoms in total. The van der Waals surface area contributed by atoms with E-state index in [1.165, 1.54) is 11.6 Å². The summed E-state index contributed by atoms with van der Waals surface area (Å²) in [5.74, 6) is 1.31. The summed E-state index contributed by atoms with van der Waals surface area (Å²) in [6.07, 6.45) is 3.15. The number of anilines is 1. The molecule has 0 unspecified atom stereocenters. The average molecular weight is 707 g/mol. The second kappa shape index (κ2) is 16.8. The standard InChI is InChI=1S/C39H48ClFN4O5/c1-3-48-35-12-8-11-33(41)31(35)25-43-19-21-45(22-20-43)38(46)37(42-39(47)50-26-27-9-6-5-7-10-27)29-15-17-44(18-16-29)34-24-32(40)36(49-4-2)23-30(34)28-13-14-28/h5-12,23-24,28-29,37H,3-4,13-22,25-26H2,1-2H3,(H,42,47)/t37-/m1/s1. The third kappa shape index (κ3) is 8.82. The van der Waals surface area contributed by atoms with Gasteiger partial charge in [-0.05, 0) is 86.8 Å². The molecule has 6 rings (SSSR count). The summed E-state index contributed by atoms with van der Waals surface area (Å²) in [5.41, 5.74) is 3.81. The van der Waals surface area contributed by atoms with Crippen LogP contribution in [0.5, 0.6) is 11.5 Å². The Balaban J connectivity index is 1.12. The number of carbonyl (C=O) groups is 2. The highest BCUT2D eigenvalue weighted by atomic mass is 35.5. The third-order valence-corrected chi connectivity index (χ3v) is 10.2. The van der Waals surface area contributed by atoms with Crippen molar-refractivity contribution in [2.24, 2.45) is 5.92 Å². The highest BCUT2D eigenvalue weighted by Gasteiger charge is 2.38. The van der Waals surface area contributed by atoms with Gasteiger partial charge in [-0.1, -0.05) is 48.0 Å². The van der Waals surface area contributed by atoms with Gasteiger partial charge in [-0.25, -0.2) is 9.18 Å². The van der Waals surface area contributed by atoms with Crippen LogP contribution in [0.2, 0.25) is 5.02 Å². The molecule has 1 atom stereocenters. The Kier molecular flexibility index (Phi) is 12.0. The molecule has 11 heteroatoms. The second-order valence-electron chi connectivity index (χ2n) is 13.3. The highest BCUT2D eigenvalue weighted by Crippen LogP contribution is 2.48. The maximum absolute atomic E-state index is 14.8. The summed E-state index contributed by atoms with van der Waals surface area (Å²) in [6.45, 7) is 8.94. The molecule has 268 valence electrons. The molecule has 1 aliphatic carbocycles. The topological polar surface area (TPSA) is 83.6 Å². The van der Waals surface area contributed by atoms with Crippen molar-refractivity contribution in [3.8, 4) is 11.5 Å². The number of ether oxygens (including phenoxy) is 3. The van der Waals surface area contributed by atoms with E-state index in [4.69, 9.17) is 25.8 Å². The largest absolute Gasteiger partial charge is 0.493 e. The molecule has 0 radical (unpaired) electrons. The first-order valence-electron chi connectivity index (χ1n) is 17.9. The SMILES string of the molecule is CCOc1cc(C2CC2)c(N2CCC([C@@H](NC(=O)OCc3ccccc3)C(=O)N3CCN(Cc4c(F)cccc4OCC)CC3)CC2)cc1Cl. The molecule has 0 bridgehead atoms. The fourth-order valence-corrected chi connectivity index (χ4v) is 7.31. The van der Waals surface area contributed by atoms with E-state index >= 15 is 0 Å². The Morgan fingerprint density at radius 3 is 2.26 bits per heavy atom. The number of piperidine rings is 1. The maximum atomic E-state index is 14.8. The number of hydrogen-bond donors (Lipinski definition) is 1. The van der Waals surface area contributed by atoms with Gasteiger partial charge in [0.25, 0.3) is 0 Å². The molecule has 3 aliphatic rings. The number of nitrogens with one attached hydrogen (secondary N) is 1. The summed E-state index contributed by atoms with van der Waals surface area (Å²) in [5, 5.41) is 3.57. The van der Waals surface area contributed by atoms with Gasteiger partial charge in [0.1, 0.15) is 30.0 Å². The smallest absolute Gasteiger partial charge is 0.408 e. The fourth-order valence-electron chi connectivity index (χ4n) is 7.10. The Labute approximate surface area is 299 Å². The number of nitrogens with zero attached hydrogens (tertiary/aromatic N) is 3. The summed E-state index contributed by atoms with van der Waals surface area (Å²) < 4.78 is 31.8. The summed E-state index contributed by atoms with van der Waals surface area (Å²) in [4.78, 5) is 33.7. The first-order valence-corrected chi connectivity index (χ1v) is 18.3. The molecule has 50 heavy (non-hydrogen) atoms. The normalized spacial score (nSPS) is 17.7. The molecule has 3 fully saturated rings. The van der Waals surface area contributed by atoms with Crippen LogP contribution in [0.4, 0.5) is 14.9 Å². The minimum atomic E-state index is -0.727. The number of halogens is 2. The van der Waals surface area contributed by atoms with Gasteiger partial charge in [0.05, 0.1) is 18.2 Å². The van der Waals surface area contributed by atoms with E-state index < -0.39 is 12.1 Å². The minimum absolute atomic E-state index is 0.0734. The van der Waals surface area contributed by atoms with Gasteiger partial charge in [0.15, 0.2) is 0 Å². The maximum Gasteiger partial charge on any atom is 0.408 e. The molecule has 1 saturated carbocycles. The van der Waals surface area contributed by atoms with Crippen LogP contribution in [0.3, 0.4) is 0 Å². The van der Waals surface area contributed by atoms with E-state index in [-0.39, 0.29) is 24.2 Å². The van der Waals surface area contributed by atoms with Crippen molar-refractivity contribution in [3.63, 3.8) is 0 Å². The van der Waals surface area contributed by atoms with Crippen LogP contribution in [0.1, 0.15) is 62.1 Å². The quantitative estimate of drug-likeness (QED) is 0.205. The molecule has 2 saturated heterocycles. The molecule has 2 amide bonds. The van der Waals surface area contributed by atoms with Gasteiger partial charge in [-0.3, -0.25) is 9.69 Å². The Morgan fingerprint density at radius 1 is 0.880 bits per heavy atom. The molecule has 2 heterocycles.